The van der Waals surface area contributed by atoms with Crippen LogP contribution in [0.4, 0.5) is 11.4 Å². The number of hydrogen-bond acceptors (Lipinski definition) is 2. The topological polar surface area (TPSA) is 18.3 Å². The summed E-state index contributed by atoms with van der Waals surface area (Å²) in [5.74, 6) is 0. The Morgan fingerprint density at radius 3 is 2.39 bits per heavy atom. The molecule has 211 valence electrons. The zero-order valence-electron chi connectivity index (χ0n) is 26.2. The number of nitrogens with one attached hydrogen (secondary N) is 1. The van der Waals surface area contributed by atoms with Gasteiger partial charge in [0.15, 0.2) is 0 Å². The Kier molecular flexibility index (Phi) is 9.14. The molecular formula is C37H47HgN3+. The molecule has 0 bridgehead atoms. The second-order valence-electron chi connectivity index (χ2n) is 12.8. The number of anilines is 1. The summed E-state index contributed by atoms with van der Waals surface area (Å²) in [6.45, 7) is 10.5. The Balaban J connectivity index is 1.49. The van der Waals surface area contributed by atoms with Crippen LogP contribution in [0.3, 0.4) is 0 Å². The molecule has 1 aliphatic carbocycles. The fourth-order valence-corrected chi connectivity index (χ4v) is 9.62. The van der Waals surface area contributed by atoms with E-state index in [1.165, 1.54) is 82.9 Å². The number of allylic oxidation sites excluding steroid dienone is 7. The van der Waals surface area contributed by atoms with Gasteiger partial charge >= 0.3 is 235 Å². The van der Waals surface area contributed by atoms with Crippen LogP contribution in [-0.4, -0.2) is 30.9 Å². The number of likely N-dealkylation sites (N-methyl/N-ethyl adjacent to an activating group) is 1. The molecular weight excluding hydrogens is 687 g/mol. The Hall–Kier alpha value is -2.39. The predicted molar refractivity (Wildman–Crippen MR) is 171 cm³/mol. The maximum absolute atomic E-state index is 3.94. The van der Waals surface area contributed by atoms with Crippen molar-refractivity contribution in [2.24, 2.45) is 0 Å². The number of unbranched alkanes of at least 4 members (excludes halogenated alkanes) is 3. The van der Waals surface area contributed by atoms with Gasteiger partial charge in [-0.1, -0.05) is 25.1 Å². The van der Waals surface area contributed by atoms with Gasteiger partial charge < -0.3 is 0 Å². The van der Waals surface area contributed by atoms with E-state index in [9.17, 15) is 0 Å². The normalized spacial score (nSPS) is 23.8. The Morgan fingerprint density at radius 2 is 1.66 bits per heavy atom. The maximum atomic E-state index is 3.94. The molecule has 3 nitrogen and oxygen atoms in total. The molecule has 2 aromatic carbocycles. The van der Waals surface area contributed by atoms with E-state index in [1.54, 1.807) is 0 Å². The quantitative estimate of drug-likeness (QED) is 0.158. The third-order valence-electron chi connectivity index (χ3n) is 9.48. The third-order valence-corrected chi connectivity index (χ3v) is 12.4. The van der Waals surface area contributed by atoms with Crippen LogP contribution in [0.1, 0.15) is 83.8 Å². The van der Waals surface area contributed by atoms with Crippen LogP contribution in [0.15, 0.2) is 95.4 Å². The Bertz CT molecular complexity index is 1450. The number of hydrogen-bond donors (Lipinski definition) is 1. The van der Waals surface area contributed by atoms with Crippen molar-refractivity contribution in [2.75, 3.05) is 25.5 Å². The average Bonchev–Trinajstić information content (AvgIpc) is 3.28. The molecule has 5 rings (SSSR count). The van der Waals surface area contributed by atoms with Gasteiger partial charge in [0.05, 0.1) is 0 Å². The Morgan fingerprint density at radius 1 is 0.927 bits per heavy atom. The SMILES string of the molecule is CCCCCCNC1=C(/C=C/C2=[N+](C)c3ccccc3C2(C)C)CCC/C1=C\C=C1\N(C)c2ccccc2[C]1(C)[Hg]. The molecule has 1 unspecified atom stereocenters. The molecule has 0 spiro atoms. The molecule has 2 aromatic rings. The first-order valence-corrected chi connectivity index (χ1v) is 18.4. The van der Waals surface area contributed by atoms with Gasteiger partial charge in [-0.2, -0.15) is 0 Å². The number of fused-ring (bicyclic) bond motifs is 2. The van der Waals surface area contributed by atoms with Crippen LogP contribution in [0.2, 0.25) is 0 Å². The van der Waals surface area contributed by atoms with Crippen molar-refractivity contribution in [1.29, 1.82) is 0 Å². The summed E-state index contributed by atoms with van der Waals surface area (Å²) in [7, 11) is 4.46. The second-order valence-corrected chi connectivity index (χ2v) is 18.3. The number of benzene rings is 2. The molecule has 3 aliphatic rings. The molecule has 0 saturated heterocycles. The van der Waals surface area contributed by atoms with Crippen molar-refractivity contribution >= 4 is 17.1 Å². The van der Waals surface area contributed by atoms with Crippen molar-refractivity contribution < 1.29 is 30.7 Å². The molecule has 41 heavy (non-hydrogen) atoms. The van der Waals surface area contributed by atoms with Crippen molar-refractivity contribution in [3.05, 3.63) is 107 Å². The Labute approximate surface area is 264 Å². The average molecular weight is 734 g/mol. The van der Waals surface area contributed by atoms with Gasteiger partial charge in [-0.15, -0.1) is 0 Å². The van der Waals surface area contributed by atoms with Crippen LogP contribution < -0.4 is 10.2 Å². The summed E-state index contributed by atoms with van der Waals surface area (Å²) >= 11 is 0.572. The first-order valence-electron chi connectivity index (χ1n) is 15.6. The van der Waals surface area contributed by atoms with Crippen molar-refractivity contribution in [1.82, 2.24) is 5.32 Å². The number of para-hydroxylation sites is 2. The van der Waals surface area contributed by atoms with Gasteiger partial charge in [-0.25, -0.2) is 0 Å². The van der Waals surface area contributed by atoms with Crippen molar-refractivity contribution in [3.63, 3.8) is 0 Å². The second kappa shape index (κ2) is 12.5. The van der Waals surface area contributed by atoms with E-state index < -0.39 is 0 Å². The van der Waals surface area contributed by atoms with E-state index in [-0.39, 0.29) is 8.34 Å². The van der Waals surface area contributed by atoms with Gasteiger partial charge in [-0.05, 0) is 0 Å². The van der Waals surface area contributed by atoms with E-state index >= 15 is 0 Å². The molecule has 0 saturated carbocycles. The van der Waals surface area contributed by atoms with Crippen LogP contribution in [-0.2, 0) is 34.5 Å². The van der Waals surface area contributed by atoms with Gasteiger partial charge in [0.25, 0.3) is 0 Å². The summed E-state index contributed by atoms with van der Waals surface area (Å²) in [5, 5.41) is 3.94. The molecule has 2 aliphatic heterocycles. The van der Waals surface area contributed by atoms with E-state index in [4.69, 9.17) is 0 Å². The fraction of sp³-hybridized carbons (Fsp3) is 0.432. The van der Waals surface area contributed by atoms with Crippen LogP contribution in [0, 0.1) is 0 Å². The molecule has 4 heteroatoms. The van der Waals surface area contributed by atoms with Crippen LogP contribution in [0.5, 0.6) is 0 Å². The first-order chi connectivity index (χ1) is 19.7. The third kappa shape index (κ3) is 5.81. The predicted octanol–water partition coefficient (Wildman–Crippen LogP) is 8.58. The van der Waals surface area contributed by atoms with E-state index in [2.05, 4.69) is 129 Å². The minimum atomic E-state index is -0.00695. The van der Waals surface area contributed by atoms with Gasteiger partial charge in [0.1, 0.15) is 0 Å². The standard InChI is InChI=1S/C37H46N3.Hg/c1-7-8-9-14-26-38-36-28(22-24-32-27(2)30-18-10-12-20-33(30)39(32)5)16-15-17-29(36)23-25-35-37(3,4)31-19-11-13-21-34(31)40(35)6;/h10-13,18-25H,7-9,14-17,26H2,1-6H3;/p+1/b28-22+,32-24+;. The van der Waals surface area contributed by atoms with Crippen molar-refractivity contribution in [2.45, 2.75) is 81.0 Å². The van der Waals surface area contributed by atoms with Crippen molar-refractivity contribution in [3.8, 4) is 0 Å². The molecule has 1 atom stereocenters. The van der Waals surface area contributed by atoms with Gasteiger partial charge in [0.2, 0.25) is 0 Å². The van der Waals surface area contributed by atoms with E-state index in [0.29, 0.717) is 26.1 Å². The van der Waals surface area contributed by atoms with Crippen LogP contribution >= 0.6 is 0 Å². The molecule has 0 fully saturated rings. The van der Waals surface area contributed by atoms with Gasteiger partial charge in [-0.3, -0.25) is 0 Å². The molecule has 0 aromatic heterocycles. The monoisotopic (exact) mass is 735 g/mol. The summed E-state index contributed by atoms with van der Waals surface area (Å²) in [6, 6.07) is 17.8. The molecule has 0 amide bonds. The zero-order chi connectivity index (χ0) is 29.2. The summed E-state index contributed by atoms with van der Waals surface area (Å²) in [6.07, 6.45) is 18.3. The van der Waals surface area contributed by atoms with E-state index in [1.807, 2.05) is 0 Å². The zero-order valence-corrected chi connectivity index (χ0v) is 31.7. The van der Waals surface area contributed by atoms with Crippen LogP contribution in [0.25, 0.3) is 0 Å². The number of nitrogens with zero attached hydrogens (tertiary/aromatic N) is 2. The summed E-state index contributed by atoms with van der Waals surface area (Å²) < 4.78 is 2.57. The summed E-state index contributed by atoms with van der Waals surface area (Å²) in [5.41, 5.74) is 12.7. The fourth-order valence-electron chi connectivity index (χ4n) is 7.08. The molecule has 2 heterocycles. The summed E-state index contributed by atoms with van der Waals surface area (Å²) in [4.78, 5) is 2.43. The molecule has 1 N–H and O–H groups in total. The minimum absolute atomic E-state index is 0.00695. The number of rotatable bonds is 9. The van der Waals surface area contributed by atoms with Gasteiger partial charge in [0, 0.05) is 6.07 Å². The van der Waals surface area contributed by atoms with E-state index in [0.717, 1.165) is 19.4 Å². The first kappa shape index (κ1) is 30.1. The molecule has 0 radical (unpaired) electrons.